The summed E-state index contributed by atoms with van der Waals surface area (Å²) in [7, 11) is 0. The molecule has 152 valence electrons. The normalized spacial score (nSPS) is 24.0. The van der Waals surface area contributed by atoms with Crippen LogP contribution < -0.4 is 5.32 Å². The molecule has 6 heteroatoms. The molecule has 2 aliphatic heterocycles. The highest BCUT2D eigenvalue weighted by molar-refractivity contribution is 14.0. The van der Waals surface area contributed by atoms with Crippen molar-refractivity contribution in [1.29, 1.82) is 0 Å². The summed E-state index contributed by atoms with van der Waals surface area (Å²) in [6.07, 6.45) is 2.69. The first-order chi connectivity index (χ1) is 12.7. The van der Waals surface area contributed by atoms with Gasteiger partial charge in [-0.1, -0.05) is 31.2 Å². The fourth-order valence-corrected chi connectivity index (χ4v) is 4.11. The molecule has 3 rings (SSSR count). The molecule has 0 aliphatic carbocycles. The Bertz CT molecular complexity index is 610. The second-order valence-electron chi connectivity index (χ2n) is 7.28. The monoisotopic (exact) mass is 486 g/mol. The number of hydrogen-bond acceptors (Lipinski definition) is 3. The summed E-state index contributed by atoms with van der Waals surface area (Å²) in [5.41, 5.74) is 2.59. The summed E-state index contributed by atoms with van der Waals surface area (Å²) in [5.74, 6) is 1.04. The highest BCUT2D eigenvalue weighted by Gasteiger charge is 2.26. The number of rotatable bonds is 5. The van der Waals surface area contributed by atoms with Crippen LogP contribution in [0, 0.1) is 6.92 Å². The molecule has 2 atom stereocenters. The topological polar surface area (TPSA) is 40.1 Å². The predicted octanol–water partition coefficient (Wildman–Crippen LogP) is 3.44. The third kappa shape index (κ3) is 5.81. The zero-order chi connectivity index (χ0) is 18.4. The van der Waals surface area contributed by atoms with Gasteiger partial charge in [0.15, 0.2) is 5.96 Å². The van der Waals surface area contributed by atoms with Crippen LogP contribution in [-0.4, -0.2) is 67.7 Å². The molecule has 1 N–H and O–H groups in total. The van der Waals surface area contributed by atoms with E-state index in [2.05, 4.69) is 60.2 Å². The smallest absolute Gasteiger partial charge is 0.194 e. The van der Waals surface area contributed by atoms with Crippen molar-refractivity contribution in [1.82, 2.24) is 15.1 Å². The van der Waals surface area contributed by atoms with Crippen LogP contribution >= 0.6 is 24.0 Å². The molecule has 2 unspecified atom stereocenters. The molecule has 0 bridgehead atoms. The Hall–Kier alpha value is -0.860. The van der Waals surface area contributed by atoms with Gasteiger partial charge in [-0.15, -0.1) is 24.0 Å². The van der Waals surface area contributed by atoms with Crippen molar-refractivity contribution >= 4 is 29.9 Å². The second kappa shape index (κ2) is 11.2. The van der Waals surface area contributed by atoms with Crippen LogP contribution in [0.3, 0.4) is 0 Å². The Morgan fingerprint density at radius 2 is 2.07 bits per heavy atom. The molecule has 5 nitrogen and oxygen atoms in total. The molecular weight excluding hydrogens is 451 g/mol. The molecule has 0 radical (unpaired) electrons. The van der Waals surface area contributed by atoms with Gasteiger partial charge in [-0.3, -0.25) is 9.89 Å². The maximum absolute atomic E-state index is 6.08. The largest absolute Gasteiger partial charge is 0.370 e. The predicted molar refractivity (Wildman–Crippen MR) is 123 cm³/mol. The van der Waals surface area contributed by atoms with E-state index in [-0.39, 0.29) is 30.1 Å². The highest BCUT2D eigenvalue weighted by Crippen LogP contribution is 2.25. The lowest BCUT2D eigenvalue weighted by molar-refractivity contribution is -0.00835. The molecule has 2 saturated heterocycles. The average Bonchev–Trinajstić information content (AvgIpc) is 3.13. The first kappa shape index (κ1) is 22.4. The number of likely N-dealkylation sites (tertiary alicyclic amines) is 1. The second-order valence-corrected chi connectivity index (χ2v) is 7.28. The zero-order valence-corrected chi connectivity index (χ0v) is 19.3. The van der Waals surface area contributed by atoms with E-state index in [1.165, 1.54) is 30.5 Å². The molecule has 2 fully saturated rings. The van der Waals surface area contributed by atoms with Gasteiger partial charge in [0.25, 0.3) is 0 Å². The third-order valence-corrected chi connectivity index (χ3v) is 5.59. The molecule has 0 saturated carbocycles. The van der Waals surface area contributed by atoms with E-state index >= 15 is 0 Å². The molecule has 0 amide bonds. The number of ether oxygens (including phenoxy) is 1. The zero-order valence-electron chi connectivity index (χ0n) is 17.0. The minimum atomic E-state index is 0. The molecule has 2 heterocycles. The van der Waals surface area contributed by atoms with Crippen molar-refractivity contribution in [3.63, 3.8) is 0 Å². The molecule has 0 spiro atoms. The minimum Gasteiger partial charge on any atom is -0.370 e. The van der Waals surface area contributed by atoms with E-state index in [1.54, 1.807) is 0 Å². The van der Waals surface area contributed by atoms with Crippen LogP contribution in [0.2, 0.25) is 0 Å². The van der Waals surface area contributed by atoms with Gasteiger partial charge >= 0.3 is 0 Å². The fourth-order valence-electron chi connectivity index (χ4n) is 4.11. The van der Waals surface area contributed by atoms with Crippen molar-refractivity contribution in [2.45, 2.75) is 45.8 Å². The third-order valence-electron chi connectivity index (χ3n) is 5.59. The Morgan fingerprint density at radius 1 is 1.26 bits per heavy atom. The lowest BCUT2D eigenvalue weighted by Crippen LogP contribution is -2.48. The number of guanidine groups is 1. The Morgan fingerprint density at radius 3 is 2.81 bits per heavy atom. The quantitative estimate of drug-likeness (QED) is 0.394. The maximum Gasteiger partial charge on any atom is 0.194 e. The molecule has 0 aromatic heterocycles. The summed E-state index contributed by atoms with van der Waals surface area (Å²) >= 11 is 0. The first-order valence-corrected chi connectivity index (χ1v) is 10.2. The van der Waals surface area contributed by atoms with Crippen LogP contribution in [0.5, 0.6) is 0 Å². The van der Waals surface area contributed by atoms with Crippen LogP contribution in [0.4, 0.5) is 0 Å². The number of halogens is 1. The number of hydrogen-bond donors (Lipinski definition) is 1. The van der Waals surface area contributed by atoms with Gasteiger partial charge in [0, 0.05) is 19.1 Å². The summed E-state index contributed by atoms with van der Waals surface area (Å²) < 4.78 is 6.08. The standard InChI is InChI=1S/C21H34N4O.HI/c1-4-22-21(23-15-18-10-8-12-24(18)5-2)25-13-14-26-20(16-25)19-11-7-6-9-17(19)3;/h6-7,9,11,18,20H,4-5,8,10,12-16H2,1-3H3,(H,22,23);1H. The molecule has 2 aliphatic rings. The Balaban J connectivity index is 0.00000261. The maximum atomic E-state index is 6.08. The number of benzene rings is 1. The van der Waals surface area contributed by atoms with E-state index < -0.39 is 0 Å². The summed E-state index contributed by atoms with van der Waals surface area (Å²) in [6, 6.07) is 9.14. The van der Waals surface area contributed by atoms with E-state index in [1.807, 2.05) is 0 Å². The van der Waals surface area contributed by atoms with E-state index in [9.17, 15) is 0 Å². The van der Waals surface area contributed by atoms with Crippen LogP contribution in [0.25, 0.3) is 0 Å². The van der Waals surface area contributed by atoms with E-state index in [0.717, 1.165) is 45.3 Å². The lowest BCUT2D eigenvalue weighted by Gasteiger charge is -2.36. The SMILES string of the molecule is CCNC(=NCC1CCCN1CC)N1CCOC(c2ccccc2C)C1.I. The summed E-state index contributed by atoms with van der Waals surface area (Å²) in [4.78, 5) is 9.93. The van der Waals surface area contributed by atoms with Gasteiger partial charge < -0.3 is 15.0 Å². The number of morpholine rings is 1. The van der Waals surface area contributed by atoms with Gasteiger partial charge in [0.05, 0.1) is 19.7 Å². The summed E-state index contributed by atoms with van der Waals surface area (Å²) in [5, 5.41) is 3.50. The fraction of sp³-hybridized carbons (Fsp3) is 0.667. The van der Waals surface area contributed by atoms with Crippen molar-refractivity contribution < 1.29 is 4.74 Å². The summed E-state index contributed by atoms with van der Waals surface area (Å²) in [6.45, 7) is 13.2. The van der Waals surface area contributed by atoms with Crippen molar-refractivity contribution in [3.8, 4) is 0 Å². The number of nitrogens with zero attached hydrogens (tertiary/aromatic N) is 3. The molecule has 1 aromatic carbocycles. The highest BCUT2D eigenvalue weighted by atomic mass is 127. The lowest BCUT2D eigenvalue weighted by atomic mass is 10.0. The first-order valence-electron chi connectivity index (χ1n) is 10.2. The van der Waals surface area contributed by atoms with Crippen LogP contribution in [0.1, 0.15) is 43.9 Å². The van der Waals surface area contributed by atoms with Crippen LogP contribution in [-0.2, 0) is 4.74 Å². The molecule has 1 aromatic rings. The van der Waals surface area contributed by atoms with Crippen LogP contribution in [0.15, 0.2) is 29.3 Å². The van der Waals surface area contributed by atoms with Gasteiger partial charge in [0.2, 0.25) is 0 Å². The minimum absolute atomic E-state index is 0. The number of likely N-dealkylation sites (N-methyl/N-ethyl adjacent to an activating group) is 1. The van der Waals surface area contributed by atoms with Crippen molar-refractivity contribution in [3.05, 3.63) is 35.4 Å². The van der Waals surface area contributed by atoms with Gasteiger partial charge in [-0.05, 0) is 50.9 Å². The Kier molecular flexibility index (Phi) is 9.32. The number of aryl methyl sites for hydroxylation is 1. The number of nitrogens with one attached hydrogen (secondary N) is 1. The van der Waals surface area contributed by atoms with Crippen molar-refractivity contribution in [2.75, 3.05) is 45.9 Å². The van der Waals surface area contributed by atoms with E-state index in [4.69, 9.17) is 9.73 Å². The van der Waals surface area contributed by atoms with E-state index in [0.29, 0.717) is 6.04 Å². The average molecular weight is 486 g/mol. The van der Waals surface area contributed by atoms with Gasteiger partial charge in [-0.25, -0.2) is 0 Å². The number of aliphatic imine (C=N–C) groups is 1. The Labute approximate surface area is 181 Å². The molecular formula is C21H35IN4O. The van der Waals surface area contributed by atoms with Gasteiger partial charge in [0.1, 0.15) is 6.10 Å². The van der Waals surface area contributed by atoms with Gasteiger partial charge in [-0.2, -0.15) is 0 Å². The van der Waals surface area contributed by atoms with Crippen molar-refractivity contribution in [2.24, 2.45) is 4.99 Å². The molecule has 27 heavy (non-hydrogen) atoms.